The van der Waals surface area contributed by atoms with Crippen molar-refractivity contribution in [1.82, 2.24) is 10.2 Å². The Hall–Kier alpha value is -2.94. The number of hydrogen-bond acceptors (Lipinski definition) is 5. The Morgan fingerprint density at radius 3 is 2.31 bits per heavy atom. The SMILES string of the molecule is COC(C#N)(c1ccccc1)c1cc(OCc2ccccc2)c(Cl)nn1. The molecule has 5 nitrogen and oxygen atoms in total. The van der Waals surface area contributed by atoms with Gasteiger partial charge in [-0.05, 0) is 5.56 Å². The Bertz CT molecular complexity index is 913. The third-order valence-electron chi connectivity index (χ3n) is 3.96. The summed E-state index contributed by atoms with van der Waals surface area (Å²) in [5.74, 6) is 0.341. The molecule has 130 valence electrons. The lowest BCUT2D eigenvalue weighted by atomic mass is 9.91. The molecule has 0 amide bonds. The van der Waals surface area contributed by atoms with Crippen molar-refractivity contribution < 1.29 is 9.47 Å². The van der Waals surface area contributed by atoms with Crippen molar-refractivity contribution in [2.45, 2.75) is 12.2 Å². The van der Waals surface area contributed by atoms with Gasteiger partial charge in [0, 0.05) is 18.7 Å². The van der Waals surface area contributed by atoms with E-state index in [0.29, 0.717) is 23.6 Å². The first-order valence-corrected chi connectivity index (χ1v) is 8.30. The Morgan fingerprint density at radius 2 is 1.69 bits per heavy atom. The van der Waals surface area contributed by atoms with Crippen LogP contribution in [0.4, 0.5) is 0 Å². The number of nitrogens with zero attached hydrogens (tertiary/aromatic N) is 3. The minimum absolute atomic E-state index is 0.126. The molecule has 0 fully saturated rings. The van der Waals surface area contributed by atoms with E-state index in [-0.39, 0.29) is 5.15 Å². The molecule has 0 aliphatic carbocycles. The van der Waals surface area contributed by atoms with Crippen LogP contribution in [0.3, 0.4) is 0 Å². The lowest BCUT2D eigenvalue weighted by Gasteiger charge is -2.24. The smallest absolute Gasteiger partial charge is 0.224 e. The van der Waals surface area contributed by atoms with E-state index in [2.05, 4.69) is 16.3 Å². The first-order chi connectivity index (χ1) is 12.7. The molecule has 1 aromatic heterocycles. The number of ether oxygens (including phenoxy) is 2. The second-order valence-electron chi connectivity index (χ2n) is 5.52. The third kappa shape index (κ3) is 3.52. The molecule has 2 aromatic carbocycles. The van der Waals surface area contributed by atoms with Crippen LogP contribution in [-0.2, 0) is 16.9 Å². The van der Waals surface area contributed by atoms with Crippen molar-refractivity contribution in [2.75, 3.05) is 7.11 Å². The third-order valence-corrected chi connectivity index (χ3v) is 4.22. The summed E-state index contributed by atoms with van der Waals surface area (Å²) < 4.78 is 11.3. The lowest BCUT2D eigenvalue weighted by Crippen LogP contribution is -2.29. The zero-order valence-corrected chi connectivity index (χ0v) is 14.8. The second-order valence-corrected chi connectivity index (χ2v) is 5.88. The molecule has 0 radical (unpaired) electrons. The molecule has 6 heteroatoms. The minimum atomic E-state index is -1.40. The van der Waals surface area contributed by atoms with Gasteiger partial charge >= 0.3 is 0 Å². The van der Waals surface area contributed by atoms with Gasteiger partial charge in [-0.1, -0.05) is 72.3 Å². The van der Waals surface area contributed by atoms with Crippen LogP contribution in [0.1, 0.15) is 16.8 Å². The van der Waals surface area contributed by atoms with Gasteiger partial charge in [-0.15, -0.1) is 10.2 Å². The van der Waals surface area contributed by atoms with Crippen molar-refractivity contribution in [3.05, 3.63) is 88.7 Å². The van der Waals surface area contributed by atoms with E-state index >= 15 is 0 Å². The molecule has 1 heterocycles. The van der Waals surface area contributed by atoms with Gasteiger partial charge in [0.25, 0.3) is 0 Å². The topological polar surface area (TPSA) is 68.0 Å². The summed E-state index contributed by atoms with van der Waals surface area (Å²) in [4.78, 5) is 0. The molecular weight excluding hydrogens is 350 g/mol. The molecule has 0 aliphatic heterocycles. The van der Waals surface area contributed by atoms with Crippen LogP contribution in [0.2, 0.25) is 5.15 Å². The van der Waals surface area contributed by atoms with Crippen molar-refractivity contribution in [1.29, 1.82) is 5.26 Å². The van der Waals surface area contributed by atoms with Crippen LogP contribution in [-0.4, -0.2) is 17.3 Å². The molecule has 0 saturated heterocycles. The van der Waals surface area contributed by atoms with E-state index in [4.69, 9.17) is 21.1 Å². The van der Waals surface area contributed by atoms with Crippen molar-refractivity contribution >= 4 is 11.6 Å². The summed E-state index contributed by atoms with van der Waals surface area (Å²) in [6, 6.07) is 22.6. The summed E-state index contributed by atoms with van der Waals surface area (Å²) in [7, 11) is 1.46. The maximum atomic E-state index is 9.83. The zero-order chi connectivity index (χ0) is 18.4. The van der Waals surface area contributed by atoms with E-state index in [0.717, 1.165) is 5.56 Å². The molecule has 1 atom stereocenters. The molecule has 3 aromatic rings. The highest BCUT2D eigenvalue weighted by atomic mass is 35.5. The number of rotatable bonds is 6. The maximum Gasteiger partial charge on any atom is 0.224 e. The van der Waals surface area contributed by atoms with E-state index in [1.807, 2.05) is 48.5 Å². The molecule has 1 unspecified atom stereocenters. The number of benzene rings is 2. The van der Waals surface area contributed by atoms with E-state index < -0.39 is 5.60 Å². The van der Waals surface area contributed by atoms with Gasteiger partial charge in [0.15, 0.2) is 10.9 Å². The largest absolute Gasteiger partial charge is 0.486 e. The lowest BCUT2D eigenvalue weighted by molar-refractivity contribution is 0.0674. The Labute approximate surface area is 156 Å². The van der Waals surface area contributed by atoms with Gasteiger partial charge in [-0.3, -0.25) is 0 Å². The molecule has 0 saturated carbocycles. The van der Waals surface area contributed by atoms with Crippen LogP contribution in [0.5, 0.6) is 5.75 Å². The molecular formula is C20H16ClN3O2. The monoisotopic (exact) mass is 365 g/mol. The predicted octanol–water partition coefficient (Wildman–Crippen LogP) is 4.12. The normalized spacial score (nSPS) is 12.8. The van der Waals surface area contributed by atoms with Crippen LogP contribution >= 0.6 is 11.6 Å². The van der Waals surface area contributed by atoms with Crippen molar-refractivity contribution in [3.8, 4) is 11.8 Å². The number of aromatic nitrogens is 2. The predicted molar refractivity (Wildman–Crippen MR) is 97.7 cm³/mol. The highest BCUT2D eigenvalue weighted by Gasteiger charge is 2.37. The quantitative estimate of drug-likeness (QED) is 0.657. The average Bonchev–Trinajstić information content (AvgIpc) is 2.71. The molecule has 0 N–H and O–H groups in total. The summed E-state index contributed by atoms with van der Waals surface area (Å²) >= 11 is 6.12. The second kappa shape index (κ2) is 7.96. The zero-order valence-electron chi connectivity index (χ0n) is 14.1. The fourth-order valence-corrected chi connectivity index (χ4v) is 2.73. The van der Waals surface area contributed by atoms with Crippen LogP contribution < -0.4 is 4.74 Å². The number of hydrogen-bond donors (Lipinski definition) is 0. The van der Waals surface area contributed by atoms with Crippen molar-refractivity contribution in [2.24, 2.45) is 0 Å². The Kier molecular flexibility index (Phi) is 5.47. The van der Waals surface area contributed by atoms with Gasteiger partial charge in [-0.25, -0.2) is 0 Å². The van der Waals surface area contributed by atoms with Gasteiger partial charge in [0.05, 0.1) is 0 Å². The van der Waals surface area contributed by atoms with Crippen LogP contribution in [0, 0.1) is 11.3 Å². The fourth-order valence-electron chi connectivity index (χ4n) is 2.58. The standard InChI is InChI=1S/C20H16ClN3O2/c1-25-20(14-22,16-10-6-3-7-11-16)18-12-17(19(21)24-23-18)26-13-15-8-4-2-5-9-15/h2-12H,13H2,1H3. The molecule has 0 bridgehead atoms. The van der Waals surface area contributed by atoms with E-state index in [9.17, 15) is 5.26 Å². The molecule has 26 heavy (non-hydrogen) atoms. The van der Waals surface area contributed by atoms with Gasteiger partial charge in [0.1, 0.15) is 18.4 Å². The summed E-state index contributed by atoms with van der Waals surface area (Å²) in [5, 5.41) is 18.0. The van der Waals surface area contributed by atoms with E-state index in [1.165, 1.54) is 7.11 Å². The highest BCUT2D eigenvalue weighted by Crippen LogP contribution is 2.34. The molecule has 0 spiro atoms. The Morgan fingerprint density at radius 1 is 1.04 bits per heavy atom. The number of halogens is 1. The number of methoxy groups -OCH3 is 1. The first kappa shape index (κ1) is 17.9. The van der Waals surface area contributed by atoms with Gasteiger partial charge in [-0.2, -0.15) is 5.26 Å². The van der Waals surface area contributed by atoms with Gasteiger partial charge in [0.2, 0.25) is 5.60 Å². The highest BCUT2D eigenvalue weighted by molar-refractivity contribution is 6.30. The minimum Gasteiger partial charge on any atom is -0.486 e. The fraction of sp³-hybridized carbons (Fsp3) is 0.150. The maximum absolute atomic E-state index is 9.83. The van der Waals surface area contributed by atoms with E-state index in [1.54, 1.807) is 18.2 Å². The summed E-state index contributed by atoms with van der Waals surface area (Å²) in [5.41, 5.74) is 0.545. The number of nitriles is 1. The Balaban J connectivity index is 1.96. The van der Waals surface area contributed by atoms with Crippen LogP contribution in [0.15, 0.2) is 66.7 Å². The molecule has 0 aliphatic rings. The van der Waals surface area contributed by atoms with Gasteiger partial charge < -0.3 is 9.47 Å². The summed E-state index contributed by atoms with van der Waals surface area (Å²) in [6.07, 6.45) is 0. The average molecular weight is 366 g/mol. The molecule has 3 rings (SSSR count). The van der Waals surface area contributed by atoms with Crippen molar-refractivity contribution in [3.63, 3.8) is 0 Å². The summed E-state index contributed by atoms with van der Waals surface area (Å²) in [6.45, 7) is 0.323. The first-order valence-electron chi connectivity index (χ1n) is 7.92. The van der Waals surface area contributed by atoms with Crippen LogP contribution in [0.25, 0.3) is 0 Å².